The monoisotopic (exact) mass is 552 g/mol. The van der Waals surface area contributed by atoms with Crippen molar-refractivity contribution in [3.63, 3.8) is 0 Å². The van der Waals surface area contributed by atoms with Crippen molar-refractivity contribution in [2.24, 2.45) is 0 Å². The number of aliphatic hydroxyl groups is 1. The lowest BCUT2D eigenvalue weighted by atomic mass is 10.0. The van der Waals surface area contributed by atoms with E-state index in [1.165, 1.54) is 0 Å². The van der Waals surface area contributed by atoms with Gasteiger partial charge in [0.25, 0.3) is 0 Å². The minimum atomic E-state index is -4.71. The van der Waals surface area contributed by atoms with Crippen LogP contribution in [0.2, 0.25) is 0 Å². The lowest BCUT2D eigenvalue weighted by molar-refractivity contribution is -0.198. The summed E-state index contributed by atoms with van der Waals surface area (Å²) in [4.78, 5) is 13.6. The van der Waals surface area contributed by atoms with E-state index in [9.17, 15) is 18.3 Å². The first-order valence-electron chi connectivity index (χ1n) is 13.2. The van der Waals surface area contributed by atoms with Crippen molar-refractivity contribution in [1.82, 2.24) is 20.3 Å². The van der Waals surface area contributed by atoms with E-state index in [4.69, 9.17) is 9.72 Å². The van der Waals surface area contributed by atoms with Crippen molar-refractivity contribution in [1.29, 1.82) is 0 Å². The Morgan fingerprint density at radius 3 is 2.62 bits per heavy atom. The molecule has 1 saturated heterocycles. The molecule has 2 atom stereocenters. The van der Waals surface area contributed by atoms with Crippen LogP contribution >= 0.6 is 0 Å². The van der Waals surface area contributed by atoms with E-state index >= 15 is 0 Å². The number of aromatic nitrogens is 3. The van der Waals surface area contributed by atoms with Gasteiger partial charge in [-0.25, -0.2) is 15.0 Å². The van der Waals surface area contributed by atoms with Gasteiger partial charge in [-0.3, -0.25) is 0 Å². The molecule has 0 saturated carbocycles. The zero-order valence-electron chi connectivity index (χ0n) is 22.2. The summed E-state index contributed by atoms with van der Waals surface area (Å²) in [6, 6.07) is 13.1. The fourth-order valence-corrected chi connectivity index (χ4v) is 4.78. The second kappa shape index (κ2) is 11.6. The number of benzene rings is 2. The SMILES string of the molecule is Cc1ccc2c(Oc3ncccc3-c3ccnc(NC4CCCNC4)n3)c(C)ccc2c1NCC(O)C(F)(F)F. The summed E-state index contributed by atoms with van der Waals surface area (Å²) in [7, 11) is 0. The van der Waals surface area contributed by atoms with Gasteiger partial charge in [0.1, 0.15) is 5.75 Å². The van der Waals surface area contributed by atoms with Gasteiger partial charge < -0.3 is 25.8 Å². The molecule has 3 heterocycles. The minimum absolute atomic E-state index is 0.246. The fourth-order valence-electron chi connectivity index (χ4n) is 4.78. The summed E-state index contributed by atoms with van der Waals surface area (Å²) in [6.45, 7) is 4.88. The number of nitrogens with one attached hydrogen (secondary N) is 3. The highest BCUT2D eigenvalue weighted by Gasteiger charge is 2.38. The van der Waals surface area contributed by atoms with Crippen LogP contribution in [0.25, 0.3) is 22.0 Å². The van der Waals surface area contributed by atoms with Crippen LogP contribution in [0.1, 0.15) is 24.0 Å². The van der Waals surface area contributed by atoms with Gasteiger partial charge in [0, 0.05) is 48.0 Å². The Balaban J connectivity index is 1.47. The molecule has 0 radical (unpaired) electrons. The van der Waals surface area contributed by atoms with Gasteiger partial charge in [-0.15, -0.1) is 0 Å². The number of piperidine rings is 1. The van der Waals surface area contributed by atoms with Gasteiger partial charge in [-0.05, 0) is 62.6 Å². The third-order valence-electron chi connectivity index (χ3n) is 6.94. The van der Waals surface area contributed by atoms with Crippen LogP contribution < -0.4 is 20.7 Å². The van der Waals surface area contributed by atoms with Crippen LogP contribution in [0.4, 0.5) is 24.8 Å². The lowest BCUT2D eigenvalue weighted by Gasteiger charge is -2.23. The quantitative estimate of drug-likeness (QED) is 0.224. The zero-order valence-corrected chi connectivity index (χ0v) is 22.2. The topological polar surface area (TPSA) is 104 Å². The van der Waals surface area contributed by atoms with Crippen LogP contribution in [0.3, 0.4) is 0 Å². The van der Waals surface area contributed by atoms with E-state index in [1.807, 2.05) is 31.2 Å². The Kier molecular flexibility index (Phi) is 8.04. The summed E-state index contributed by atoms with van der Waals surface area (Å²) in [6.07, 6.45) is -1.76. The van der Waals surface area contributed by atoms with Crippen LogP contribution in [0.5, 0.6) is 11.6 Å². The van der Waals surface area contributed by atoms with Crippen LogP contribution in [0.15, 0.2) is 54.9 Å². The highest BCUT2D eigenvalue weighted by molar-refractivity contribution is 6.00. The summed E-state index contributed by atoms with van der Waals surface area (Å²) in [5.74, 6) is 1.39. The van der Waals surface area contributed by atoms with E-state index in [2.05, 4.69) is 25.9 Å². The first-order valence-corrected chi connectivity index (χ1v) is 13.2. The van der Waals surface area contributed by atoms with Crippen molar-refractivity contribution in [2.75, 3.05) is 30.3 Å². The predicted octanol–water partition coefficient (Wildman–Crippen LogP) is 5.60. The molecule has 4 aromatic rings. The number of aliphatic hydroxyl groups excluding tert-OH is 1. The van der Waals surface area contributed by atoms with Gasteiger partial charge in [-0.1, -0.05) is 24.3 Å². The van der Waals surface area contributed by atoms with Gasteiger partial charge in [0.05, 0.1) is 11.3 Å². The largest absolute Gasteiger partial charge is 0.437 e. The molecule has 8 nitrogen and oxygen atoms in total. The molecule has 11 heteroatoms. The number of pyridine rings is 1. The van der Waals surface area contributed by atoms with Crippen molar-refractivity contribution < 1.29 is 23.0 Å². The Labute approximate surface area is 230 Å². The molecule has 1 fully saturated rings. The van der Waals surface area contributed by atoms with E-state index in [0.29, 0.717) is 45.3 Å². The van der Waals surface area contributed by atoms with Gasteiger partial charge in [0.15, 0.2) is 6.10 Å². The number of alkyl halides is 3. The zero-order chi connectivity index (χ0) is 28.3. The first kappa shape index (κ1) is 27.6. The molecule has 2 aromatic heterocycles. The molecule has 0 amide bonds. The van der Waals surface area contributed by atoms with Crippen molar-refractivity contribution >= 4 is 22.4 Å². The number of nitrogens with zero attached hydrogens (tertiary/aromatic N) is 3. The molecule has 1 aliphatic rings. The first-order chi connectivity index (χ1) is 19.2. The fraction of sp³-hybridized carbons (Fsp3) is 0.345. The van der Waals surface area contributed by atoms with E-state index in [0.717, 1.165) is 37.1 Å². The summed E-state index contributed by atoms with van der Waals surface area (Å²) < 4.78 is 45.2. The van der Waals surface area contributed by atoms with Crippen molar-refractivity contribution in [2.45, 2.75) is 45.0 Å². The number of aryl methyl sites for hydroxylation is 2. The Bertz CT molecular complexity index is 1490. The third kappa shape index (κ3) is 6.10. The average Bonchev–Trinajstić information content (AvgIpc) is 2.94. The summed E-state index contributed by atoms with van der Waals surface area (Å²) in [5, 5.41) is 20.4. The normalized spacial score (nSPS) is 16.5. The number of ether oxygens (including phenoxy) is 1. The Hall–Kier alpha value is -3.96. The molecular weight excluding hydrogens is 521 g/mol. The number of hydrogen-bond acceptors (Lipinski definition) is 8. The number of rotatable bonds is 8. The van der Waals surface area contributed by atoms with Crippen LogP contribution in [-0.2, 0) is 0 Å². The van der Waals surface area contributed by atoms with Crippen molar-refractivity contribution in [3.8, 4) is 22.9 Å². The summed E-state index contributed by atoms with van der Waals surface area (Å²) >= 11 is 0. The molecule has 1 aliphatic heterocycles. The smallest absolute Gasteiger partial charge is 0.416 e. The Morgan fingerprint density at radius 2 is 1.85 bits per heavy atom. The molecule has 2 unspecified atom stereocenters. The minimum Gasteiger partial charge on any atom is -0.437 e. The molecule has 2 aromatic carbocycles. The highest BCUT2D eigenvalue weighted by Crippen LogP contribution is 2.39. The third-order valence-corrected chi connectivity index (χ3v) is 6.94. The van der Waals surface area contributed by atoms with E-state index in [1.54, 1.807) is 37.5 Å². The lowest BCUT2D eigenvalue weighted by Crippen LogP contribution is -2.38. The molecule has 0 bridgehead atoms. The molecular formula is C29H31F3N6O2. The van der Waals surface area contributed by atoms with E-state index in [-0.39, 0.29) is 6.04 Å². The molecule has 0 aliphatic carbocycles. The van der Waals surface area contributed by atoms with Gasteiger partial charge in [0.2, 0.25) is 11.8 Å². The molecule has 210 valence electrons. The maximum absolute atomic E-state index is 12.9. The molecule has 4 N–H and O–H groups in total. The molecule has 5 rings (SSSR count). The Morgan fingerprint density at radius 1 is 1.05 bits per heavy atom. The molecule has 40 heavy (non-hydrogen) atoms. The maximum Gasteiger partial charge on any atom is 0.416 e. The highest BCUT2D eigenvalue weighted by atomic mass is 19.4. The predicted molar refractivity (Wildman–Crippen MR) is 149 cm³/mol. The number of fused-ring (bicyclic) bond motifs is 1. The van der Waals surface area contributed by atoms with Gasteiger partial charge >= 0.3 is 6.18 Å². The van der Waals surface area contributed by atoms with Crippen LogP contribution in [-0.4, -0.2) is 58.0 Å². The maximum atomic E-state index is 12.9. The summed E-state index contributed by atoms with van der Waals surface area (Å²) in [5.41, 5.74) is 3.37. The second-order valence-corrected chi connectivity index (χ2v) is 9.91. The average molecular weight is 553 g/mol. The molecule has 0 spiro atoms. The van der Waals surface area contributed by atoms with E-state index < -0.39 is 18.8 Å². The number of anilines is 2. The second-order valence-electron chi connectivity index (χ2n) is 9.91. The standard InChI is InChI=1S/C29H31F3N6O2/c1-17-7-10-21-20(25(17)36-16-24(39)29(30,31)32)9-8-18(2)26(21)40-27-22(6-4-13-34-27)23-11-14-35-28(38-23)37-19-5-3-12-33-15-19/h4,6-11,13-14,19,24,33,36,39H,3,5,12,15-16H2,1-2H3,(H,35,37,38). The van der Waals surface area contributed by atoms with Crippen LogP contribution in [0, 0.1) is 13.8 Å². The number of hydrogen-bond donors (Lipinski definition) is 4. The van der Waals surface area contributed by atoms with Crippen molar-refractivity contribution in [3.05, 3.63) is 66.0 Å². The van der Waals surface area contributed by atoms with Gasteiger partial charge in [-0.2, -0.15) is 13.2 Å². The number of halogens is 3.